The first-order valence-electron chi connectivity index (χ1n) is 11.3. The lowest BCUT2D eigenvalue weighted by molar-refractivity contribution is 0.00856. The maximum atomic E-state index is 10.5. The molecule has 0 aliphatic carbocycles. The van der Waals surface area contributed by atoms with Crippen LogP contribution in [0.5, 0.6) is 23.0 Å². The third-order valence-corrected chi connectivity index (χ3v) is 5.70. The monoisotopic (exact) mass is 460 g/mol. The Kier molecular flexibility index (Phi) is 9.47. The maximum Gasteiger partial charge on any atom is 0.203 e. The van der Waals surface area contributed by atoms with Crippen LogP contribution in [-0.2, 0) is 11.3 Å². The van der Waals surface area contributed by atoms with Gasteiger partial charge in [0.05, 0.1) is 52.9 Å². The number of aliphatic hydroxyl groups is 1. The third-order valence-electron chi connectivity index (χ3n) is 5.70. The van der Waals surface area contributed by atoms with E-state index in [0.29, 0.717) is 37.0 Å². The summed E-state index contributed by atoms with van der Waals surface area (Å²) < 4.78 is 27.8. The highest BCUT2D eigenvalue weighted by molar-refractivity contribution is 5.58. The lowest BCUT2D eigenvalue weighted by Crippen LogP contribution is -2.49. The van der Waals surface area contributed by atoms with Crippen LogP contribution in [0.15, 0.2) is 36.4 Å². The first kappa shape index (κ1) is 25.0. The number of benzene rings is 2. The maximum absolute atomic E-state index is 10.5. The lowest BCUT2D eigenvalue weighted by atomic mass is 10.2. The Morgan fingerprint density at radius 3 is 2.27 bits per heavy atom. The van der Waals surface area contributed by atoms with Gasteiger partial charge in [0.15, 0.2) is 11.5 Å². The number of hydrogen-bond donors (Lipinski definition) is 1. The summed E-state index contributed by atoms with van der Waals surface area (Å²) in [6.07, 6.45) is -0.571. The van der Waals surface area contributed by atoms with Crippen LogP contribution in [0, 0.1) is 0 Å². The van der Waals surface area contributed by atoms with Crippen molar-refractivity contribution < 1.29 is 28.8 Å². The summed E-state index contributed by atoms with van der Waals surface area (Å²) in [6.45, 7) is 7.30. The molecule has 2 aromatic rings. The van der Waals surface area contributed by atoms with Crippen molar-refractivity contribution >= 4 is 5.69 Å². The van der Waals surface area contributed by atoms with E-state index in [2.05, 4.69) is 15.9 Å². The van der Waals surface area contributed by atoms with E-state index in [1.807, 2.05) is 37.3 Å². The number of anilines is 1. The predicted octanol–water partition coefficient (Wildman–Crippen LogP) is 2.81. The molecule has 1 aliphatic rings. The predicted molar refractivity (Wildman–Crippen MR) is 128 cm³/mol. The fourth-order valence-corrected chi connectivity index (χ4v) is 4.10. The number of para-hydroxylation sites is 2. The summed E-state index contributed by atoms with van der Waals surface area (Å²) in [5.74, 6) is 2.63. The van der Waals surface area contributed by atoms with Gasteiger partial charge in [-0.2, -0.15) is 0 Å². The van der Waals surface area contributed by atoms with Crippen molar-refractivity contribution in [2.24, 2.45) is 0 Å². The van der Waals surface area contributed by atoms with Gasteiger partial charge in [0.2, 0.25) is 5.75 Å². The average molecular weight is 461 g/mol. The molecule has 8 nitrogen and oxygen atoms in total. The number of aliphatic hydroxyl groups excluding tert-OH is 1. The van der Waals surface area contributed by atoms with Gasteiger partial charge in [-0.25, -0.2) is 0 Å². The average Bonchev–Trinajstić information content (AvgIpc) is 2.84. The second-order valence-corrected chi connectivity index (χ2v) is 7.85. The second-order valence-electron chi connectivity index (χ2n) is 7.85. The molecule has 1 heterocycles. The largest absolute Gasteiger partial charge is 0.493 e. The Morgan fingerprint density at radius 2 is 1.61 bits per heavy atom. The van der Waals surface area contributed by atoms with E-state index in [1.165, 1.54) is 0 Å². The molecule has 0 saturated carbocycles. The van der Waals surface area contributed by atoms with Crippen molar-refractivity contribution in [3.05, 3.63) is 42.0 Å². The molecular weight excluding hydrogens is 424 g/mol. The first-order valence-corrected chi connectivity index (χ1v) is 11.3. The van der Waals surface area contributed by atoms with Gasteiger partial charge < -0.3 is 33.7 Å². The molecule has 182 valence electrons. The van der Waals surface area contributed by atoms with Crippen LogP contribution in [0.25, 0.3) is 0 Å². The standard InChI is InChI=1S/C25H36N2O6/c1-5-33-22-9-7-6-8-21(22)27-14-12-26(13-15-27)16-20(28)18-32-17-19-10-11-23(29-2)25(31-4)24(19)30-3/h6-11,20,28H,5,12-18H2,1-4H3. The van der Waals surface area contributed by atoms with Crippen LogP contribution >= 0.6 is 0 Å². The van der Waals surface area contributed by atoms with Crippen LogP contribution in [0.4, 0.5) is 5.69 Å². The molecule has 1 saturated heterocycles. The fraction of sp³-hybridized carbons (Fsp3) is 0.520. The Labute approximate surface area is 196 Å². The molecule has 1 fully saturated rings. The molecule has 8 heteroatoms. The molecule has 1 unspecified atom stereocenters. The van der Waals surface area contributed by atoms with E-state index in [1.54, 1.807) is 21.3 Å². The molecule has 0 radical (unpaired) electrons. The highest BCUT2D eigenvalue weighted by Crippen LogP contribution is 2.40. The molecule has 1 atom stereocenters. The van der Waals surface area contributed by atoms with Crippen LogP contribution < -0.4 is 23.8 Å². The zero-order valence-corrected chi connectivity index (χ0v) is 20.1. The van der Waals surface area contributed by atoms with Gasteiger partial charge in [0, 0.05) is 38.3 Å². The minimum atomic E-state index is -0.571. The molecule has 0 aromatic heterocycles. The topological polar surface area (TPSA) is 72.9 Å². The van der Waals surface area contributed by atoms with E-state index in [0.717, 1.165) is 43.2 Å². The number of ether oxygens (including phenoxy) is 5. The summed E-state index contributed by atoms with van der Waals surface area (Å²) in [5, 5.41) is 10.5. The molecular formula is C25H36N2O6. The van der Waals surface area contributed by atoms with E-state index in [-0.39, 0.29) is 6.61 Å². The molecule has 0 spiro atoms. The number of hydrogen-bond acceptors (Lipinski definition) is 8. The van der Waals surface area contributed by atoms with Gasteiger partial charge in [-0.1, -0.05) is 12.1 Å². The summed E-state index contributed by atoms with van der Waals surface area (Å²) in [4.78, 5) is 4.61. The zero-order chi connectivity index (χ0) is 23.6. The van der Waals surface area contributed by atoms with Crippen molar-refractivity contribution in [2.75, 3.05) is 72.2 Å². The van der Waals surface area contributed by atoms with E-state index >= 15 is 0 Å². The lowest BCUT2D eigenvalue weighted by Gasteiger charge is -2.37. The van der Waals surface area contributed by atoms with Crippen LogP contribution in [0.2, 0.25) is 0 Å². The number of nitrogens with zero attached hydrogens (tertiary/aromatic N) is 2. The number of methoxy groups -OCH3 is 3. The van der Waals surface area contributed by atoms with Gasteiger partial charge in [-0.05, 0) is 31.2 Å². The molecule has 0 bridgehead atoms. The highest BCUT2D eigenvalue weighted by Gasteiger charge is 2.22. The number of rotatable bonds is 12. The Balaban J connectivity index is 1.46. The van der Waals surface area contributed by atoms with Crippen LogP contribution in [0.1, 0.15) is 12.5 Å². The smallest absolute Gasteiger partial charge is 0.203 e. The minimum absolute atomic E-state index is 0.241. The van der Waals surface area contributed by atoms with Crippen molar-refractivity contribution in [3.63, 3.8) is 0 Å². The molecule has 2 aromatic carbocycles. The molecule has 33 heavy (non-hydrogen) atoms. The van der Waals surface area contributed by atoms with Gasteiger partial charge in [-0.15, -0.1) is 0 Å². The normalized spacial score (nSPS) is 15.2. The van der Waals surface area contributed by atoms with Crippen LogP contribution in [0.3, 0.4) is 0 Å². The minimum Gasteiger partial charge on any atom is -0.493 e. The Bertz CT molecular complexity index is 870. The quantitative estimate of drug-likeness (QED) is 0.519. The van der Waals surface area contributed by atoms with Crippen LogP contribution in [-0.4, -0.2) is 83.4 Å². The molecule has 1 N–H and O–H groups in total. The van der Waals surface area contributed by atoms with Gasteiger partial charge in [0.1, 0.15) is 5.75 Å². The third kappa shape index (κ3) is 6.43. The van der Waals surface area contributed by atoms with Crippen molar-refractivity contribution in [1.82, 2.24) is 4.90 Å². The second kappa shape index (κ2) is 12.5. The summed E-state index contributed by atoms with van der Waals surface area (Å²) in [5.41, 5.74) is 1.97. The molecule has 3 rings (SSSR count). The Hall–Kier alpha value is -2.68. The van der Waals surface area contributed by atoms with Crippen molar-refractivity contribution in [2.45, 2.75) is 19.6 Å². The van der Waals surface area contributed by atoms with Gasteiger partial charge >= 0.3 is 0 Å². The highest BCUT2D eigenvalue weighted by atomic mass is 16.5. The summed E-state index contributed by atoms with van der Waals surface area (Å²) in [7, 11) is 4.74. The number of β-amino-alcohol motifs (C(OH)–C–C–N with tert-alkyl or cyclic N) is 1. The molecule has 0 amide bonds. The zero-order valence-electron chi connectivity index (χ0n) is 20.1. The van der Waals surface area contributed by atoms with E-state index in [4.69, 9.17) is 23.7 Å². The SMILES string of the molecule is CCOc1ccccc1N1CCN(CC(O)COCc2ccc(OC)c(OC)c2OC)CC1. The van der Waals surface area contributed by atoms with Crippen molar-refractivity contribution in [1.29, 1.82) is 0 Å². The van der Waals surface area contributed by atoms with Gasteiger partial charge in [0.25, 0.3) is 0 Å². The Morgan fingerprint density at radius 1 is 0.879 bits per heavy atom. The molecule has 1 aliphatic heterocycles. The number of piperazine rings is 1. The fourth-order valence-electron chi connectivity index (χ4n) is 4.10. The van der Waals surface area contributed by atoms with E-state index < -0.39 is 6.10 Å². The summed E-state index contributed by atoms with van der Waals surface area (Å²) in [6, 6.07) is 11.9. The first-order chi connectivity index (χ1) is 16.1. The van der Waals surface area contributed by atoms with E-state index in [9.17, 15) is 5.11 Å². The summed E-state index contributed by atoms with van der Waals surface area (Å²) >= 11 is 0. The van der Waals surface area contributed by atoms with Gasteiger partial charge in [-0.3, -0.25) is 4.90 Å². The van der Waals surface area contributed by atoms with Crippen molar-refractivity contribution in [3.8, 4) is 23.0 Å².